The highest BCUT2D eigenvalue weighted by molar-refractivity contribution is 6.20. The first-order chi connectivity index (χ1) is 11.3. The lowest BCUT2D eigenvalue weighted by atomic mass is 10.0. The second kappa shape index (κ2) is 5.54. The Labute approximate surface area is 134 Å². The number of aliphatic imine (C=N–C) groups is 1. The van der Waals surface area contributed by atoms with E-state index in [-0.39, 0.29) is 5.91 Å². The van der Waals surface area contributed by atoms with Gasteiger partial charge in [0.2, 0.25) is 0 Å². The highest BCUT2D eigenvalue weighted by Gasteiger charge is 2.21. The zero-order chi connectivity index (χ0) is 15.6. The molecule has 3 aromatic rings. The summed E-state index contributed by atoms with van der Waals surface area (Å²) < 4.78 is 0. The van der Waals surface area contributed by atoms with Crippen LogP contribution < -0.4 is 5.32 Å². The number of hydrogen-bond donors (Lipinski definition) is 1. The van der Waals surface area contributed by atoms with Gasteiger partial charge in [-0.05, 0) is 22.4 Å². The van der Waals surface area contributed by atoms with E-state index in [0.717, 1.165) is 21.9 Å². The molecule has 0 bridgehead atoms. The van der Waals surface area contributed by atoms with Gasteiger partial charge in [-0.3, -0.25) is 4.79 Å². The Morgan fingerprint density at radius 3 is 2.43 bits per heavy atom. The average molecular weight is 298 g/mol. The molecule has 3 heteroatoms. The van der Waals surface area contributed by atoms with Crippen LogP contribution in [0.5, 0.6) is 0 Å². The van der Waals surface area contributed by atoms with Gasteiger partial charge >= 0.3 is 0 Å². The minimum Gasteiger partial charge on any atom is -0.305 e. The lowest BCUT2D eigenvalue weighted by Gasteiger charge is -2.01. The molecule has 0 saturated heterocycles. The van der Waals surface area contributed by atoms with Crippen LogP contribution in [0.25, 0.3) is 16.8 Å². The number of carbonyl (C=O) groups excluding carboxylic acids is 1. The summed E-state index contributed by atoms with van der Waals surface area (Å²) in [6.45, 7) is 0. The molecule has 1 heterocycles. The Morgan fingerprint density at radius 2 is 1.57 bits per heavy atom. The maximum atomic E-state index is 12.2. The monoisotopic (exact) mass is 298 g/mol. The highest BCUT2D eigenvalue weighted by Crippen LogP contribution is 2.22. The maximum absolute atomic E-state index is 12.2. The number of fused-ring (bicyclic) bond motifs is 1. The van der Waals surface area contributed by atoms with Crippen LogP contribution in [-0.4, -0.2) is 11.7 Å². The number of amidine groups is 1. The zero-order valence-electron chi connectivity index (χ0n) is 12.4. The summed E-state index contributed by atoms with van der Waals surface area (Å²) in [5.74, 6) is 0.430. The van der Waals surface area contributed by atoms with Gasteiger partial charge in [0, 0.05) is 5.56 Å². The molecule has 23 heavy (non-hydrogen) atoms. The Bertz CT molecular complexity index is 950. The Balaban J connectivity index is 1.79. The van der Waals surface area contributed by atoms with Gasteiger partial charge in [-0.15, -0.1) is 0 Å². The van der Waals surface area contributed by atoms with Crippen molar-refractivity contribution in [3.63, 3.8) is 0 Å². The second-order valence-electron chi connectivity index (χ2n) is 5.38. The topological polar surface area (TPSA) is 41.5 Å². The van der Waals surface area contributed by atoms with E-state index < -0.39 is 0 Å². The SMILES string of the molecule is O=C1NC(c2ccccc2)=N/C1=C\c1cccc2ccccc12. The van der Waals surface area contributed by atoms with Crippen LogP contribution in [0, 0.1) is 0 Å². The van der Waals surface area contributed by atoms with Gasteiger partial charge in [0.25, 0.3) is 5.91 Å². The fraction of sp³-hybridized carbons (Fsp3) is 0. The van der Waals surface area contributed by atoms with E-state index in [1.54, 1.807) is 0 Å². The molecular weight excluding hydrogens is 284 g/mol. The van der Waals surface area contributed by atoms with E-state index in [4.69, 9.17) is 0 Å². The Kier molecular flexibility index (Phi) is 3.24. The van der Waals surface area contributed by atoms with Crippen molar-refractivity contribution in [3.8, 4) is 0 Å². The summed E-state index contributed by atoms with van der Waals surface area (Å²) in [4.78, 5) is 16.7. The molecule has 110 valence electrons. The summed E-state index contributed by atoms with van der Waals surface area (Å²) in [7, 11) is 0. The van der Waals surface area contributed by atoms with Crippen molar-refractivity contribution in [3.05, 3.63) is 89.6 Å². The summed E-state index contributed by atoms with van der Waals surface area (Å²) in [5.41, 5.74) is 2.33. The molecule has 0 spiro atoms. The number of rotatable bonds is 2. The molecule has 1 N–H and O–H groups in total. The maximum Gasteiger partial charge on any atom is 0.275 e. The molecule has 1 aliphatic heterocycles. The summed E-state index contributed by atoms with van der Waals surface area (Å²) in [6.07, 6.45) is 1.84. The number of nitrogens with zero attached hydrogens (tertiary/aromatic N) is 1. The minimum atomic E-state index is -0.170. The Hall–Kier alpha value is -3.20. The molecule has 0 fully saturated rings. The molecule has 3 nitrogen and oxygen atoms in total. The van der Waals surface area contributed by atoms with Crippen molar-refractivity contribution in [2.45, 2.75) is 0 Å². The van der Waals surface area contributed by atoms with Crippen LogP contribution in [0.4, 0.5) is 0 Å². The van der Waals surface area contributed by atoms with Gasteiger partial charge in [-0.1, -0.05) is 72.8 Å². The number of benzene rings is 3. The van der Waals surface area contributed by atoms with Crippen molar-refractivity contribution in [2.75, 3.05) is 0 Å². The summed E-state index contributed by atoms with van der Waals surface area (Å²) >= 11 is 0. The van der Waals surface area contributed by atoms with E-state index in [0.29, 0.717) is 11.5 Å². The minimum absolute atomic E-state index is 0.170. The van der Waals surface area contributed by atoms with E-state index >= 15 is 0 Å². The van der Waals surface area contributed by atoms with Crippen molar-refractivity contribution in [2.24, 2.45) is 4.99 Å². The van der Waals surface area contributed by atoms with Crippen molar-refractivity contribution >= 4 is 28.6 Å². The van der Waals surface area contributed by atoms with Crippen LogP contribution in [0.15, 0.2) is 83.5 Å². The fourth-order valence-corrected chi connectivity index (χ4v) is 2.72. The molecule has 0 atom stereocenters. The van der Waals surface area contributed by atoms with Gasteiger partial charge in [-0.2, -0.15) is 0 Å². The van der Waals surface area contributed by atoms with Gasteiger partial charge in [0.1, 0.15) is 11.5 Å². The summed E-state index contributed by atoms with van der Waals surface area (Å²) in [6, 6.07) is 23.8. The zero-order valence-corrected chi connectivity index (χ0v) is 12.4. The van der Waals surface area contributed by atoms with Crippen LogP contribution >= 0.6 is 0 Å². The number of hydrogen-bond acceptors (Lipinski definition) is 2. The quantitative estimate of drug-likeness (QED) is 0.719. The Morgan fingerprint density at radius 1 is 0.826 bits per heavy atom. The predicted octanol–water partition coefficient (Wildman–Crippen LogP) is 3.76. The second-order valence-corrected chi connectivity index (χ2v) is 5.38. The van der Waals surface area contributed by atoms with E-state index in [2.05, 4.69) is 28.5 Å². The van der Waals surface area contributed by atoms with E-state index in [1.807, 2.05) is 60.7 Å². The van der Waals surface area contributed by atoms with Gasteiger partial charge in [0.05, 0.1) is 0 Å². The number of amides is 1. The first kappa shape index (κ1) is 13.5. The largest absolute Gasteiger partial charge is 0.305 e. The van der Waals surface area contributed by atoms with Crippen molar-refractivity contribution in [1.82, 2.24) is 5.32 Å². The first-order valence-corrected chi connectivity index (χ1v) is 7.46. The van der Waals surface area contributed by atoms with Crippen molar-refractivity contribution in [1.29, 1.82) is 0 Å². The van der Waals surface area contributed by atoms with Crippen LogP contribution in [0.2, 0.25) is 0 Å². The molecule has 0 aliphatic carbocycles. The molecule has 0 unspecified atom stereocenters. The molecule has 0 aromatic heterocycles. The lowest BCUT2D eigenvalue weighted by molar-refractivity contribution is -0.115. The first-order valence-electron chi connectivity index (χ1n) is 7.46. The van der Waals surface area contributed by atoms with Gasteiger partial charge < -0.3 is 5.32 Å². The van der Waals surface area contributed by atoms with E-state index in [9.17, 15) is 4.79 Å². The standard InChI is InChI=1S/C20H14N2O/c23-20-18(21-19(22-20)15-8-2-1-3-9-15)13-16-11-6-10-14-7-4-5-12-17(14)16/h1-13H,(H,21,22,23)/b18-13-. The highest BCUT2D eigenvalue weighted by atomic mass is 16.2. The van der Waals surface area contributed by atoms with E-state index in [1.165, 1.54) is 0 Å². The smallest absolute Gasteiger partial charge is 0.275 e. The lowest BCUT2D eigenvalue weighted by Crippen LogP contribution is -2.24. The molecule has 1 amide bonds. The third-order valence-corrected chi connectivity index (χ3v) is 3.86. The number of carbonyl (C=O) groups is 1. The van der Waals surface area contributed by atoms with Crippen LogP contribution in [0.3, 0.4) is 0 Å². The molecule has 0 radical (unpaired) electrons. The average Bonchev–Trinajstić information content (AvgIpc) is 2.97. The predicted molar refractivity (Wildman–Crippen MR) is 93.0 cm³/mol. The molecule has 3 aromatic carbocycles. The fourth-order valence-electron chi connectivity index (χ4n) is 2.72. The van der Waals surface area contributed by atoms with Crippen LogP contribution in [-0.2, 0) is 4.79 Å². The van der Waals surface area contributed by atoms with Crippen LogP contribution in [0.1, 0.15) is 11.1 Å². The molecular formula is C20H14N2O. The third-order valence-electron chi connectivity index (χ3n) is 3.86. The van der Waals surface area contributed by atoms with Gasteiger partial charge in [0.15, 0.2) is 0 Å². The normalized spacial score (nSPS) is 15.7. The molecule has 4 rings (SSSR count). The number of nitrogens with one attached hydrogen (secondary N) is 1. The van der Waals surface area contributed by atoms with Crippen molar-refractivity contribution < 1.29 is 4.79 Å². The molecule has 1 aliphatic rings. The third kappa shape index (κ3) is 2.53. The van der Waals surface area contributed by atoms with Gasteiger partial charge in [-0.25, -0.2) is 4.99 Å². The molecule has 0 saturated carbocycles. The summed E-state index contributed by atoms with van der Waals surface area (Å²) in [5, 5.41) is 5.09.